The molecule has 1 amide bonds. The molecule has 0 radical (unpaired) electrons. The van der Waals surface area contributed by atoms with Crippen LogP contribution in [-0.4, -0.2) is 18.9 Å². The van der Waals surface area contributed by atoms with Crippen LogP contribution < -0.4 is 10.2 Å². The van der Waals surface area contributed by atoms with Crippen LogP contribution >= 0.6 is 11.6 Å². The van der Waals surface area contributed by atoms with Crippen molar-refractivity contribution in [2.24, 2.45) is 0 Å². The van der Waals surface area contributed by atoms with Gasteiger partial charge in [-0.2, -0.15) is 0 Å². The number of nitrogens with zero attached hydrogens (tertiary/aromatic N) is 1. The summed E-state index contributed by atoms with van der Waals surface area (Å²) in [4.78, 5) is 13.9. The third-order valence-corrected chi connectivity index (χ3v) is 3.45. The molecule has 5 heteroatoms. The molecule has 1 N–H and O–H groups in total. The van der Waals surface area contributed by atoms with Crippen LogP contribution in [0.5, 0.6) is 0 Å². The number of carbonyl (C=O) groups is 1. The quantitative estimate of drug-likeness (QED) is 0.808. The maximum atomic E-state index is 12.0. The van der Waals surface area contributed by atoms with Crippen LogP contribution in [0.2, 0.25) is 5.02 Å². The lowest BCUT2D eigenvalue weighted by atomic mass is 10.3. The average molecular weight is 319 g/mol. The van der Waals surface area contributed by atoms with Crippen LogP contribution in [0.25, 0.3) is 0 Å². The van der Waals surface area contributed by atoms with E-state index in [0.29, 0.717) is 17.3 Å². The summed E-state index contributed by atoms with van der Waals surface area (Å²) in [6, 6.07) is 16.7. The summed E-state index contributed by atoms with van der Waals surface area (Å²) in [6.45, 7) is 4.52. The van der Waals surface area contributed by atoms with Crippen molar-refractivity contribution >= 4 is 29.1 Å². The standard InChI is InChI=1S/C17H19ClN2O2/c1-3-20(16-11-7-8-14(18)12-16)13(2)22-17(21)19-15-9-5-4-6-10-15/h4-13H,3H2,1-2H3,(H,19,21). The van der Waals surface area contributed by atoms with Gasteiger partial charge >= 0.3 is 6.09 Å². The number of rotatable bonds is 5. The van der Waals surface area contributed by atoms with E-state index < -0.39 is 12.3 Å². The molecule has 4 nitrogen and oxygen atoms in total. The Kier molecular flexibility index (Phi) is 5.67. The largest absolute Gasteiger partial charge is 0.425 e. The van der Waals surface area contributed by atoms with Crippen molar-refractivity contribution in [3.8, 4) is 0 Å². The summed E-state index contributed by atoms with van der Waals surface area (Å²) in [5.41, 5.74) is 1.61. The van der Waals surface area contributed by atoms with Crippen molar-refractivity contribution in [3.63, 3.8) is 0 Å². The highest BCUT2D eigenvalue weighted by atomic mass is 35.5. The molecule has 0 aromatic heterocycles. The van der Waals surface area contributed by atoms with E-state index >= 15 is 0 Å². The molecule has 1 unspecified atom stereocenters. The molecule has 0 spiro atoms. The highest BCUT2D eigenvalue weighted by molar-refractivity contribution is 6.30. The number of anilines is 2. The van der Waals surface area contributed by atoms with Gasteiger partial charge in [-0.3, -0.25) is 5.32 Å². The lowest BCUT2D eigenvalue weighted by Gasteiger charge is -2.29. The van der Waals surface area contributed by atoms with E-state index in [-0.39, 0.29) is 0 Å². The number of benzene rings is 2. The second kappa shape index (κ2) is 7.71. The molecular weight excluding hydrogens is 300 g/mol. The molecule has 0 saturated heterocycles. The Morgan fingerprint density at radius 2 is 1.95 bits per heavy atom. The summed E-state index contributed by atoms with van der Waals surface area (Å²) in [5, 5.41) is 3.35. The molecule has 1 atom stereocenters. The van der Waals surface area contributed by atoms with Crippen molar-refractivity contribution in [2.75, 3.05) is 16.8 Å². The van der Waals surface area contributed by atoms with Gasteiger partial charge in [0.05, 0.1) is 0 Å². The van der Waals surface area contributed by atoms with Gasteiger partial charge in [0.25, 0.3) is 0 Å². The molecule has 0 aliphatic rings. The van der Waals surface area contributed by atoms with E-state index in [1.165, 1.54) is 0 Å². The fraction of sp³-hybridized carbons (Fsp3) is 0.235. The number of ether oxygens (including phenoxy) is 1. The first-order chi connectivity index (χ1) is 10.6. The molecule has 0 saturated carbocycles. The minimum atomic E-state index is -0.487. The number of halogens is 1. The predicted octanol–water partition coefficient (Wildman–Crippen LogP) is 4.76. The van der Waals surface area contributed by atoms with Gasteiger partial charge in [0.1, 0.15) is 0 Å². The van der Waals surface area contributed by atoms with E-state index in [1.807, 2.05) is 61.2 Å². The van der Waals surface area contributed by atoms with E-state index in [9.17, 15) is 4.79 Å². The van der Waals surface area contributed by atoms with Gasteiger partial charge in [-0.05, 0) is 44.2 Å². The molecule has 0 aliphatic heterocycles. The summed E-state index contributed by atoms with van der Waals surface area (Å²) >= 11 is 6.02. The van der Waals surface area contributed by atoms with Gasteiger partial charge in [0.15, 0.2) is 6.23 Å². The Bertz CT molecular complexity index is 619. The number of para-hydroxylation sites is 1. The number of hydrogen-bond acceptors (Lipinski definition) is 3. The lowest BCUT2D eigenvalue weighted by molar-refractivity contribution is 0.118. The molecule has 2 rings (SSSR count). The zero-order valence-electron chi connectivity index (χ0n) is 12.6. The molecule has 0 aliphatic carbocycles. The number of nitrogens with one attached hydrogen (secondary N) is 1. The summed E-state index contributed by atoms with van der Waals surface area (Å²) in [5.74, 6) is 0. The molecule has 0 bridgehead atoms. The highest BCUT2D eigenvalue weighted by Gasteiger charge is 2.17. The summed E-state index contributed by atoms with van der Waals surface area (Å²) in [6.07, 6.45) is -0.897. The van der Waals surface area contributed by atoms with Crippen LogP contribution in [0.1, 0.15) is 13.8 Å². The Balaban J connectivity index is 2.00. The maximum absolute atomic E-state index is 12.0. The van der Waals surface area contributed by atoms with Gasteiger partial charge in [0, 0.05) is 22.9 Å². The molecule has 2 aromatic carbocycles. The fourth-order valence-corrected chi connectivity index (χ4v) is 2.38. The van der Waals surface area contributed by atoms with E-state index in [1.54, 1.807) is 12.1 Å². The van der Waals surface area contributed by atoms with E-state index in [0.717, 1.165) is 5.69 Å². The third kappa shape index (κ3) is 4.40. The molecule has 0 fully saturated rings. The predicted molar refractivity (Wildman–Crippen MR) is 90.5 cm³/mol. The highest BCUT2D eigenvalue weighted by Crippen LogP contribution is 2.22. The summed E-state index contributed by atoms with van der Waals surface area (Å²) < 4.78 is 5.43. The van der Waals surface area contributed by atoms with Crippen molar-refractivity contribution in [1.29, 1.82) is 0 Å². The third-order valence-electron chi connectivity index (χ3n) is 3.22. The van der Waals surface area contributed by atoms with Crippen molar-refractivity contribution < 1.29 is 9.53 Å². The van der Waals surface area contributed by atoms with Crippen LogP contribution in [0.15, 0.2) is 54.6 Å². The fourth-order valence-electron chi connectivity index (χ4n) is 2.19. The van der Waals surface area contributed by atoms with Crippen molar-refractivity contribution in [3.05, 3.63) is 59.6 Å². The zero-order valence-corrected chi connectivity index (χ0v) is 13.4. The minimum Gasteiger partial charge on any atom is -0.425 e. The molecular formula is C17H19ClN2O2. The van der Waals surface area contributed by atoms with E-state index in [4.69, 9.17) is 16.3 Å². The molecule has 2 aromatic rings. The van der Waals surface area contributed by atoms with Crippen molar-refractivity contribution in [1.82, 2.24) is 0 Å². The smallest absolute Gasteiger partial charge is 0.413 e. The lowest BCUT2D eigenvalue weighted by Crippen LogP contribution is -2.37. The molecule has 22 heavy (non-hydrogen) atoms. The monoisotopic (exact) mass is 318 g/mol. The van der Waals surface area contributed by atoms with Gasteiger partial charge < -0.3 is 9.64 Å². The SMILES string of the molecule is CCN(c1cccc(Cl)c1)C(C)OC(=O)Nc1ccccc1. The molecule has 0 heterocycles. The first kappa shape index (κ1) is 16.2. The van der Waals surface area contributed by atoms with Gasteiger partial charge in [0.2, 0.25) is 0 Å². The minimum absolute atomic E-state index is 0.410. The van der Waals surface area contributed by atoms with Gasteiger partial charge in [-0.15, -0.1) is 0 Å². The first-order valence-electron chi connectivity index (χ1n) is 7.15. The normalized spacial score (nSPS) is 11.6. The number of amides is 1. The van der Waals surface area contributed by atoms with Gasteiger partial charge in [-0.1, -0.05) is 35.9 Å². The Hall–Kier alpha value is -2.20. The van der Waals surface area contributed by atoms with Crippen LogP contribution in [0, 0.1) is 0 Å². The van der Waals surface area contributed by atoms with Crippen molar-refractivity contribution in [2.45, 2.75) is 20.1 Å². The Labute approximate surface area is 135 Å². The van der Waals surface area contributed by atoms with Crippen LogP contribution in [0.4, 0.5) is 16.2 Å². The second-order valence-corrected chi connectivity index (χ2v) is 5.20. The number of carbonyl (C=O) groups excluding carboxylic acids is 1. The molecule has 116 valence electrons. The van der Waals surface area contributed by atoms with E-state index in [2.05, 4.69) is 5.32 Å². The zero-order chi connectivity index (χ0) is 15.9. The Morgan fingerprint density at radius 1 is 1.23 bits per heavy atom. The number of hydrogen-bond donors (Lipinski definition) is 1. The first-order valence-corrected chi connectivity index (χ1v) is 7.53. The Morgan fingerprint density at radius 3 is 2.59 bits per heavy atom. The van der Waals surface area contributed by atoms with Crippen LogP contribution in [-0.2, 0) is 4.74 Å². The van der Waals surface area contributed by atoms with Crippen LogP contribution in [0.3, 0.4) is 0 Å². The van der Waals surface area contributed by atoms with Gasteiger partial charge in [-0.25, -0.2) is 4.79 Å². The topological polar surface area (TPSA) is 41.6 Å². The average Bonchev–Trinajstić information content (AvgIpc) is 2.49. The summed E-state index contributed by atoms with van der Waals surface area (Å²) in [7, 11) is 0. The second-order valence-electron chi connectivity index (χ2n) is 4.76. The maximum Gasteiger partial charge on any atom is 0.413 e.